The summed E-state index contributed by atoms with van der Waals surface area (Å²) in [6, 6.07) is 1.45. The van der Waals surface area contributed by atoms with Crippen LogP contribution in [0.4, 0.5) is 0 Å². The van der Waals surface area contributed by atoms with Crippen molar-refractivity contribution in [3.8, 4) is 0 Å². The van der Waals surface area contributed by atoms with Gasteiger partial charge in [-0.2, -0.15) is 0 Å². The molecule has 0 amide bonds. The Bertz CT molecular complexity index is 307. The summed E-state index contributed by atoms with van der Waals surface area (Å²) >= 11 is 6.62. The molecule has 0 spiro atoms. The maximum atomic E-state index is 10.5. The lowest BCUT2D eigenvalue weighted by Crippen LogP contribution is -1.89. The Hall–Kier alpha value is 0.0300. The molecule has 60 valence electrons. The Morgan fingerprint density at radius 2 is 2.36 bits per heavy atom. The standard InChI is InChI=1S/C5H3BrClNO2S/c6-4-1-3(11(9)10)2-8-5(4)7/h1-2H,(H,9,10). The van der Waals surface area contributed by atoms with Gasteiger partial charge in [0, 0.05) is 6.20 Å². The Morgan fingerprint density at radius 1 is 1.73 bits per heavy atom. The molecule has 11 heavy (non-hydrogen) atoms. The van der Waals surface area contributed by atoms with Gasteiger partial charge in [0.15, 0.2) is 11.1 Å². The zero-order chi connectivity index (χ0) is 8.43. The first-order chi connectivity index (χ1) is 5.11. The van der Waals surface area contributed by atoms with Crippen LogP contribution in [0.3, 0.4) is 0 Å². The van der Waals surface area contributed by atoms with E-state index in [1.165, 1.54) is 12.3 Å². The van der Waals surface area contributed by atoms with Crippen LogP contribution in [0, 0.1) is 0 Å². The summed E-state index contributed by atoms with van der Waals surface area (Å²) in [5.74, 6) is 0. The third-order valence-electron chi connectivity index (χ3n) is 0.973. The van der Waals surface area contributed by atoms with E-state index < -0.39 is 11.1 Å². The van der Waals surface area contributed by atoms with Crippen LogP contribution in [0.2, 0.25) is 5.15 Å². The van der Waals surface area contributed by atoms with Gasteiger partial charge in [-0.25, -0.2) is 9.19 Å². The molecule has 1 rings (SSSR count). The number of hydrogen-bond acceptors (Lipinski definition) is 2. The van der Waals surface area contributed by atoms with Crippen molar-refractivity contribution >= 4 is 38.6 Å². The van der Waals surface area contributed by atoms with Crippen molar-refractivity contribution < 1.29 is 8.76 Å². The predicted octanol–water partition coefficient (Wildman–Crippen LogP) is 2.08. The monoisotopic (exact) mass is 255 g/mol. The normalized spacial score (nSPS) is 13.0. The Balaban J connectivity index is 3.15. The van der Waals surface area contributed by atoms with E-state index in [-0.39, 0.29) is 10.0 Å². The molecule has 0 aliphatic carbocycles. The highest BCUT2D eigenvalue weighted by molar-refractivity contribution is 9.10. The maximum Gasteiger partial charge on any atom is 0.188 e. The molecule has 1 heterocycles. The van der Waals surface area contributed by atoms with E-state index in [1.54, 1.807) is 0 Å². The van der Waals surface area contributed by atoms with Gasteiger partial charge in [-0.3, -0.25) is 0 Å². The average Bonchev–Trinajstić information content (AvgIpc) is 1.94. The van der Waals surface area contributed by atoms with Gasteiger partial charge in [-0.15, -0.1) is 0 Å². The molecule has 1 aromatic heterocycles. The van der Waals surface area contributed by atoms with Crippen LogP contribution >= 0.6 is 27.5 Å². The van der Waals surface area contributed by atoms with Crippen molar-refractivity contribution in [3.63, 3.8) is 0 Å². The molecular weight excluding hydrogens is 253 g/mol. The minimum absolute atomic E-state index is 0.223. The van der Waals surface area contributed by atoms with Gasteiger partial charge in [0.2, 0.25) is 0 Å². The van der Waals surface area contributed by atoms with Gasteiger partial charge in [-0.1, -0.05) is 11.6 Å². The lowest BCUT2D eigenvalue weighted by molar-refractivity contribution is 0.564. The fourth-order valence-corrected chi connectivity index (χ4v) is 1.46. The number of pyridine rings is 1. The number of rotatable bonds is 1. The summed E-state index contributed by atoms with van der Waals surface area (Å²) < 4.78 is 19.6. The van der Waals surface area contributed by atoms with Crippen molar-refractivity contribution in [2.45, 2.75) is 4.90 Å². The number of halogens is 2. The molecule has 0 radical (unpaired) electrons. The van der Waals surface area contributed by atoms with E-state index in [0.717, 1.165) is 0 Å². The minimum Gasteiger partial charge on any atom is -0.302 e. The van der Waals surface area contributed by atoms with Crippen molar-refractivity contribution in [2.24, 2.45) is 0 Å². The first-order valence-corrected chi connectivity index (χ1v) is 4.81. The third kappa shape index (κ3) is 2.23. The van der Waals surface area contributed by atoms with Gasteiger partial charge in [-0.05, 0) is 22.0 Å². The second-order valence-electron chi connectivity index (χ2n) is 1.69. The van der Waals surface area contributed by atoms with Crippen LogP contribution in [0.15, 0.2) is 21.6 Å². The fraction of sp³-hybridized carbons (Fsp3) is 0. The summed E-state index contributed by atoms with van der Waals surface area (Å²) in [5.41, 5.74) is 0. The molecule has 1 N–H and O–H groups in total. The summed E-state index contributed by atoms with van der Waals surface area (Å²) in [6.45, 7) is 0. The van der Waals surface area contributed by atoms with Crippen LogP contribution in [-0.4, -0.2) is 13.7 Å². The van der Waals surface area contributed by atoms with Crippen LogP contribution < -0.4 is 0 Å². The van der Waals surface area contributed by atoms with Gasteiger partial charge in [0.05, 0.1) is 9.37 Å². The van der Waals surface area contributed by atoms with Crippen LogP contribution in [0.5, 0.6) is 0 Å². The molecule has 1 atom stereocenters. The fourth-order valence-electron chi connectivity index (χ4n) is 0.499. The van der Waals surface area contributed by atoms with E-state index in [1.807, 2.05) is 0 Å². The van der Waals surface area contributed by atoms with Gasteiger partial charge >= 0.3 is 0 Å². The molecule has 0 fully saturated rings. The largest absolute Gasteiger partial charge is 0.302 e. The maximum absolute atomic E-state index is 10.5. The van der Waals surface area contributed by atoms with Crippen LogP contribution in [0.25, 0.3) is 0 Å². The van der Waals surface area contributed by atoms with Crippen molar-refractivity contribution in [2.75, 3.05) is 0 Å². The van der Waals surface area contributed by atoms with E-state index in [0.29, 0.717) is 4.47 Å². The average molecular weight is 257 g/mol. The van der Waals surface area contributed by atoms with Crippen LogP contribution in [0.1, 0.15) is 0 Å². The highest BCUT2D eigenvalue weighted by atomic mass is 79.9. The number of hydrogen-bond donors (Lipinski definition) is 1. The molecule has 0 aromatic carbocycles. The highest BCUT2D eigenvalue weighted by Crippen LogP contribution is 2.21. The smallest absolute Gasteiger partial charge is 0.188 e. The summed E-state index contributed by atoms with van der Waals surface area (Å²) in [5, 5.41) is 0.277. The van der Waals surface area contributed by atoms with Crippen molar-refractivity contribution in [1.29, 1.82) is 0 Å². The molecular formula is C5H3BrClNO2S. The second-order valence-corrected chi connectivity index (χ2v) is 3.87. The molecule has 1 aromatic rings. The predicted molar refractivity (Wildman–Crippen MR) is 46.0 cm³/mol. The lowest BCUT2D eigenvalue weighted by Gasteiger charge is -1.96. The first-order valence-electron chi connectivity index (χ1n) is 2.53. The van der Waals surface area contributed by atoms with Crippen molar-refractivity contribution in [3.05, 3.63) is 21.9 Å². The molecule has 0 saturated heterocycles. The molecule has 6 heteroatoms. The molecule has 0 bridgehead atoms. The SMILES string of the molecule is O=S(O)c1cnc(Cl)c(Br)c1. The quantitative estimate of drug-likeness (QED) is 0.618. The molecule has 0 aliphatic rings. The lowest BCUT2D eigenvalue weighted by atomic mass is 10.5. The summed E-state index contributed by atoms with van der Waals surface area (Å²) in [4.78, 5) is 3.89. The Morgan fingerprint density at radius 3 is 2.82 bits per heavy atom. The van der Waals surface area contributed by atoms with Crippen LogP contribution in [-0.2, 0) is 11.1 Å². The first kappa shape index (κ1) is 9.12. The number of nitrogens with zero attached hydrogens (tertiary/aromatic N) is 1. The molecule has 3 nitrogen and oxygen atoms in total. The molecule has 0 aliphatic heterocycles. The van der Waals surface area contributed by atoms with E-state index in [2.05, 4.69) is 20.9 Å². The topological polar surface area (TPSA) is 50.2 Å². The number of aromatic nitrogens is 1. The minimum atomic E-state index is -2.00. The highest BCUT2D eigenvalue weighted by Gasteiger charge is 2.03. The summed E-state index contributed by atoms with van der Waals surface area (Å²) in [7, 11) is 0. The zero-order valence-corrected chi connectivity index (χ0v) is 8.28. The van der Waals surface area contributed by atoms with Gasteiger partial charge in [0.25, 0.3) is 0 Å². The van der Waals surface area contributed by atoms with E-state index in [9.17, 15) is 4.21 Å². The van der Waals surface area contributed by atoms with E-state index in [4.69, 9.17) is 16.2 Å². The van der Waals surface area contributed by atoms with Crippen molar-refractivity contribution in [1.82, 2.24) is 4.98 Å². The molecule has 0 saturated carbocycles. The second kappa shape index (κ2) is 3.62. The Labute approximate surface area is 79.2 Å². The van der Waals surface area contributed by atoms with Gasteiger partial charge in [0.1, 0.15) is 5.15 Å². The Kier molecular flexibility index (Phi) is 3.00. The molecule has 1 unspecified atom stereocenters. The third-order valence-corrected chi connectivity index (χ3v) is 2.73. The van der Waals surface area contributed by atoms with Gasteiger partial charge < -0.3 is 4.55 Å². The van der Waals surface area contributed by atoms with E-state index >= 15 is 0 Å². The zero-order valence-electron chi connectivity index (χ0n) is 5.12. The summed E-state index contributed by atoms with van der Waals surface area (Å²) in [6.07, 6.45) is 1.25.